The SMILES string of the molecule is CNC(=O)CNC(=O)c1cc(C)cc(/C=C/C(=O)O)c1. The van der Waals surface area contributed by atoms with E-state index in [-0.39, 0.29) is 18.4 Å². The molecule has 106 valence electrons. The van der Waals surface area contributed by atoms with Gasteiger partial charge in [0.1, 0.15) is 0 Å². The first-order valence-corrected chi connectivity index (χ1v) is 5.94. The average molecular weight is 276 g/mol. The lowest BCUT2D eigenvalue weighted by molar-refractivity contribution is -0.131. The molecule has 3 N–H and O–H groups in total. The van der Waals surface area contributed by atoms with Crippen LogP contribution in [0.15, 0.2) is 24.3 Å². The number of aryl methyl sites for hydroxylation is 1. The van der Waals surface area contributed by atoms with E-state index in [9.17, 15) is 14.4 Å². The molecule has 0 aliphatic heterocycles. The minimum atomic E-state index is -1.06. The first-order valence-electron chi connectivity index (χ1n) is 5.94. The summed E-state index contributed by atoms with van der Waals surface area (Å²) < 4.78 is 0. The van der Waals surface area contributed by atoms with Gasteiger partial charge in [-0.15, -0.1) is 0 Å². The van der Waals surface area contributed by atoms with E-state index in [1.54, 1.807) is 25.1 Å². The molecular formula is C14H16N2O4. The molecule has 0 heterocycles. The summed E-state index contributed by atoms with van der Waals surface area (Å²) in [5.74, 6) is -1.74. The standard InChI is InChI=1S/C14H16N2O4/c1-9-5-10(3-4-13(18)19)7-11(6-9)14(20)16-8-12(17)15-2/h3-7H,8H2,1-2H3,(H,15,17)(H,16,20)(H,18,19)/b4-3+. The number of carbonyl (C=O) groups is 3. The van der Waals surface area contributed by atoms with Crippen molar-refractivity contribution in [1.82, 2.24) is 10.6 Å². The van der Waals surface area contributed by atoms with Crippen LogP contribution in [-0.4, -0.2) is 36.5 Å². The van der Waals surface area contributed by atoms with E-state index in [1.807, 2.05) is 0 Å². The van der Waals surface area contributed by atoms with Crippen molar-refractivity contribution in [1.29, 1.82) is 0 Å². The predicted molar refractivity (Wildman–Crippen MR) is 74.2 cm³/mol. The maximum absolute atomic E-state index is 11.9. The fraction of sp³-hybridized carbons (Fsp3) is 0.214. The van der Waals surface area contributed by atoms with Crippen LogP contribution in [0.2, 0.25) is 0 Å². The molecule has 1 aromatic carbocycles. The minimum absolute atomic E-state index is 0.108. The lowest BCUT2D eigenvalue weighted by Crippen LogP contribution is -2.35. The van der Waals surface area contributed by atoms with Crippen LogP contribution in [-0.2, 0) is 9.59 Å². The van der Waals surface area contributed by atoms with Crippen molar-refractivity contribution < 1.29 is 19.5 Å². The normalized spacial score (nSPS) is 10.3. The maximum Gasteiger partial charge on any atom is 0.328 e. The molecule has 0 atom stereocenters. The van der Waals surface area contributed by atoms with Crippen molar-refractivity contribution >= 4 is 23.9 Å². The number of amides is 2. The Kier molecular flexibility index (Phi) is 5.46. The van der Waals surface area contributed by atoms with Crippen LogP contribution in [0.25, 0.3) is 6.08 Å². The Morgan fingerprint density at radius 3 is 2.55 bits per heavy atom. The van der Waals surface area contributed by atoms with E-state index in [4.69, 9.17) is 5.11 Å². The second-order valence-corrected chi connectivity index (χ2v) is 4.16. The first kappa shape index (κ1) is 15.4. The number of carboxylic acid groups (broad SMARTS) is 1. The van der Waals surface area contributed by atoms with Crippen molar-refractivity contribution in [3.05, 3.63) is 41.0 Å². The third-order valence-electron chi connectivity index (χ3n) is 2.47. The van der Waals surface area contributed by atoms with Crippen molar-refractivity contribution in [2.45, 2.75) is 6.92 Å². The number of likely N-dealkylation sites (N-methyl/N-ethyl adjacent to an activating group) is 1. The number of hydrogen-bond acceptors (Lipinski definition) is 3. The van der Waals surface area contributed by atoms with Crippen LogP contribution < -0.4 is 10.6 Å². The Labute approximate surface area is 116 Å². The summed E-state index contributed by atoms with van der Waals surface area (Å²) in [4.78, 5) is 33.4. The summed E-state index contributed by atoms with van der Waals surface area (Å²) in [7, 11) is 1.48. The van der Waals surface area contributed by atoms with Crippen LogP contribution in [0.4, 0.5) is 0 Å². The first-order chi connectivity index (χ1) is 9.42. The van der Waals surface area contributed by atoms with Gasteiger partial charge in [-0.3, -0.25) is 9.59 Å². The van der Waals surface area contributed by atoms with Gasteiger partial charge in [0.2, 0.25) is 5.91 Å². The number of aliphatic carboxylic acids is 1. The van der Waals surface area contributed by atoms with Gasteiger partial charge in [0.15, 0.2) is 0 Å². The van der Waals surface area contributed by atoms with E-state index in [2.05, 4.69) is 10.6 Å². The number of rotatable bonds is 5. The quantitative estimate of drug-likeness (QED) is 0.685. The molecule has 1 rings (SSSR count). The van der Waals surface area contributed by atoms with Gasteiger partial charge in [-0.25, -0.2) is 4.79 Å². The smallest absolute Gasteiger partial charge is 0.328 e. The van der Waals surface area contributed by atoms with E-state index >= 15 is 0 Å². The molecule has 2 amide bonds. The zero-order valence-corrected chi connectivity index (χ0v) is 11.3. The largest absolute Gasteiger partial charge is 0.478 e. The summed E-state index contributed by atoms with van der Waals surface area (Å²) in [5.41, 5.74) is 1.80. The highest BCUT2D eigenvalue weighted by molar-refractivity contribution is 5.97. The molecule has 0 saturated carbocycles. The fourth-order valence-corrected chi connectivity index (χ4v) is 1.56. The van der Waals surface area contributed by atoms with Crippen molar-refractivity contribution in [3.8, 4) is 0 Å². The Morgan fingerprint density at radius 1 is 1.25 bits per heavy atom. The lowest BCUT2D eigenvalue weighted by atomic mass is 10.1. The van der Waals surface area contributed by atoms with Gasteiger partial charge in [0.25, 0.3) is 5.91 Å². The Hall–Kier alpha value is -2.63. The van der Waals surface area contributed by atoms with Crippen LogP contribution in [0.3, 0.4) is 0 Å². The van der Waals surface area contributed by atoms with Gasteiger partial charge in [0.05, 0.1) is 6.54 Å². The number of hydrogen-bond donors (Lipinski definition) is 3. The molecule has 0 bridgehead atoms. The average Bonchev–Trinajstić information content (AvgIpc) is 2.41. The highest BCUT2D eigenvalue weighted by Crippen LogP contribution is 2.11. The molecule has 0 spiro atoms. The molecule has 0 aliphatic carbocycles. The van der Waals surface area contributed by atoms with E-state index < -0.39 is 5.97 Å². The van der Waals surface area contributed by atoms with E-state index in [0.29, 0.717) is 11.1 Å². The molecule has 0 saturated heterocycles. The van der Waals surface area contributed by atoms with Crippen LogP contribution >= 0.6 is 0 Å². The van der Waals surface area contributed by atoms with Gasteiger partial charge < -0.3 is 15.7 Å². The summed E-state index contributed by atoms with van der Waals surface area (Å²) in [6.07, 6.45) is 2.41. The Balaban J connectivity index is 2.87. The van der Waals surface area contributed by atoms with Gasteiger partial charge in [-0.05, 0) is 36.3 Å². The van der Waals surface area contributed by atoms with Gasteiger partial charge in [-0.1, -0.05) is 6.07 Å². The summed E-state index contributed by atoms with van der Waals surface area (Å²) in [6, 6.07) is 4.98. The Morgan fingerprint density at radius 2 is 1.95 bits per heavy atom. The number of benzene rings is 1. The number of carboxylic acids is 1. The molecule has 6 heteroatoms. The molecule has 6 nitrogen and oxygen atoms in total. The second-order valence-electron chi connectivity index (χ2n) is 4.16. The molecule has 1 aromatic rings. The molecule has 0 aliphatic rings. The van der Waals surface area contributed by atoms with E-state index in [1.165, 1.54) is 13.1 Å². The highest BCUT2D eigenvalue weighted by Gasteiger charge is 2.08. The van der Waals surface area contributed by atoms with Crippen molar-refractivity contribution in [3.63, 3.8) is 0 Å². The fourth-order valence-electron chi connectivity index (χ4n) is 1.56. The van der Waals surface area contributed by atoms with Crippen molar-refractivity contribution in [2.24, 2.45) is 0 Å². The number of carbonyl (C=O) groups excluding carboxylic acids is 2. The summed E-state index contributed by atoms with van der Waals surface area (Å²) >= 11 is 0. The summed E-state index contributed by atoms with van der Waals surface area (Å²) in [5, 5.41) is 13.5. The van der Waals surface area contributed by atoms with Crippen LogP contribution in [0.1, 0.15) is 21.5 Å². The third-order valence-corrected chi connectivity index (χ3v) is 2.47. The molecule has 20 heavy (non-hydrogen) atoms. The molecule has 0 radical (unpaired) electrons. The van der Waals surface area contributed by atoms with Crippen LogP contribution in [0.5, 0.6) is 0 Å². The molecule has 0 aromatic heterocycles. The van der Waals surface area contributed by atoms with E-state index in [0.717, 1.165) is 11.6 Å². The van der Waals surface area contributed by atoms with Gasteiger partial charge in [-0.2, -0.15) is 0 Å². The Bertz CT molecular complexity index is 564. The van der Waals surface area contributed by atoms with Gasteiger partial charge in [0, 0.05) is 18.7 Å². The molecule has 0 fully saturated rings. The zero-order chi connectivity index (χ0) is 15.1. The van der Waals surface area contributed by atoms with Crippen molar-refractivity contribution in [2.75, 3.05) is 13.6 Å². The van der Waals surface area contributed by atoms with Gasteiger partial charge >= 0.3 is 5.97 Å². The highest BCUT2D eigenvalue weighted by atomic mass is 16.4. The minimum Gasteiger partial charge on any atom is -0.478 e. The second kappa shape index (κ2) is 7.08. The summed E-state index contributed by atoms with van der Waals surface area (Å²) in [6.45, 7) is 1.69. The zero-order valence-electron chi connectivity index (χ0n) is 11.3. The predicted octanol–water partition coefficient (Wildman–Crippen LogP) is 0.569. The molecular weight excluding hydrogens is 260 g/mol. The third kappa shape index (κ3) is 4.93. The number of nitrogens with one attached hydrogen (secondary N) is 2. The lowest BCUT2D eigenvalue weighted by Gasteiger charge is -2.06. The topological polar surface area (TPSA) is 95.5 Å². The maximum atomic E-state index is 11.9. The molecule has 0 unspecified atom stereocenters. The monoisotopic (exact) mass is 276 g/mol. The van der Waals surface area contributed by atoms with Crippen LogP contribution in [0, 0.1) is 6.92 Å².